The Balaban J connectivity index is 1.46. The van der Waals surface area contributed by atoms with Gasteiger partial charge in [0, 0.05) is 82.1 Å². The van der Waals surface area contributed by atoms with Gasteiger partial charge in [0.2, 0.25) is 11.8 Å². The standard InChI is InChI=1S/C56H100N2O24/c1-34-45(65)48(68)41(31-59)79-53(34)76-24-11-21-73-27-17-38(62)15-8-7-9-16-40(52(72)82-56(4,5)6)58-51(71)37(30-39(63)18-28-74-22-12-25-77-54-35(2)46(66)49(69)42(32-60)80-54)14-10-20-57-44(64)19-29-75-23-13-26-78-55-36(3)47(67)50(70)43(33-61)81-55/h34-37,40-43,45-50,53-55,59-61,65-70H,7-33H2,1-6H3,(H,57,64)(H,58,71). The van der Waals surface area contributed by atoms with Crippen LogP contribution in [0.2, 0.25) is 0 Å². The number of hydrogen-bond donors (Lipinski definition) is 11. The molecule has 0 radical (unpaired) electrons. The van der Waals surface area contributed by atoms with Gasteiger partial charge >= 0.3 is 5.97 Å². The molecule has 17 unspecified atom stereocenters. The molecular weight excluding hydrogens is 1080 g/mol. The molecule has 0 aromatic rings. The van der Waals surface area contributed by atoms with Gasteiger partial charge in [0.1, 0.15) is 59.8 Å². The van der Waals surface area contributed by atoms with Crippen LogP contribution < -0.4 is 10.6 Å². The van der Waals surface area contributed by atoms with Crippen molar-refractivity contribution in [3.05, 3.63) is 0 Å². The number of aliphatic hydroxyl groups is 9. The molecule has 17 atom stereocenters. The van der Waals surface area contributed by atoms with Crippen LogP contribution in [0.5, 0.6) is 0 Å². The van der Waals surface area contributed by atoms with Gasteiger partial charge in [0.25, 0.3) is 0 Å². The van der Waals surface area contributed by atoms with Crippen molar-refractivity contribution in [1.29, 1.82) is 0 Å². The van der Waals surface area contributed by atoms with Crippen molar-refractivity contribution in [2.75, 3.05) is 85.8 Å². The van der Waals surface area contributed by atoms with Crippen molar-refractivity contribution >= 4 is 29.4 Å². The lowest BCUT2D eigenvalue weighted by Gasteiger charge is -2.40. The number of esters is 1. The molecule has 0 aromatic heterocycles. The van der Waals surface area contributed by atoms with E-state index in [1.165, 1.54) is 0 Å². The second-order valence-electron chi connectivity index (χ2n) is 22.6. The van der Waals surface area contributed by atoms with Gasteiger partial charge < -0.3 is 104 Å². The predicted molar refractivity (Wildman–Crippen MR) is 290 cm³/mol. The Morgan fingerprint density at radius 3 is 1.34 bits per heavy atom. The number of unbranched alkanes of at least 4 members (excludes halogenated alkanes) is 2. The van der Waals surface area contributed by atoms with Crippen molar-refractivity contribution in [3.8, 4) is 0 Å². The number of Topliss-reactive ketones (excluding diaryl/α,β-unsaturated/α-hetero) is 2. The Morgan fingerprint density at radius 2 is 0.915 bits per heavy atom. The van der Waals surface area contributed by atoms with Gasteiger partial charge in [0.15, 0.2) is 18.9 Å². The highest BCUT2D eigenvalue weighted by atomic mass is 16.7. The minimum Gasteiger partial charge on any atom is -0.458 e. The summed E-state index contributed by atoms with van der Waals surface area (Å²) in [6.07, 6.45) is -8.45. The molecule has 3 aliphatic heterocycles. The molecule has 0 spiro atoms. The molecule has 3 saturated heterocycles. The van der Waals surface area contributed by atoms with Gasteiger partial charge in [-0.3, -0.25) is 19.2 Å². The van der Waals surface area contributed by atoms with E-state index in [1.807, 2.05) is 0 Å². The van der Waals surface area contributed by atoms with Gasteiger partial charge in [-0.1, -0.05) is 33.6 Å². The molecule has 3 fully saturated rings. The maximum atomic E-state index is 14.1. The molecule has 3 heterocycles. The zero-order valence-electron chi connectivity index (χ0n) is 49.1. The summed E-state index contributed by atoms with van der Waals surface area (Å²) in [4.78, 5) is 66.3. The summed E-state index contributed by atoms with van der Waals surface area (Å²) >= 11 is 0. The van der Waals surface area contributed by atoms with Crippen LogP contribution in [0, 0.1) is 23.7 Å². The van der Waals surface area contributed by atoms with Gasteiger partial charge in [-0.05, 0) is 65.7 Å². The van der Waals surface area contributed by atoms with Gasteiger partial charge in [-0.2, -0.15) is 0 Å². The number of nitrogens with one attached hydrogen (secondary N) is 2. The zero-order valence-corrected chi connectivity index (χ0v) is 49.1. The summed E-state index contributed by atoms with van der Waals surface area (Å²) in [5.41, 5.74) is -0.871. The van der Waals surface area contributed by atoms with Gasteiger partial charge in [0.05, 0.1) is 77.8 Å². The second kappa shape index (κ2) is 39.7. The van der Waals surface area contributed by atoms with Crippen molar-refractivity contribution in [1.82, 2.24) is 10.6 Å². The molecule has 0 bridgehead atoms. The Hall–Kier alpha value is -2.97. The zero-order chi connectivity index (χ0) is 60.8. The van der Waals surface area contributed by atoms with E-state index in [0.29, 0.717) is 51.6 Å². The maximum absolute atomic E-state index is 14.1. The third-order valence-electron chi connectivity index (χ3n) is 14.6. The summed E-state index contributed by atoms with van der Waals surface area (Å²) in [6, 6.07) is -1.05. The first-order valence-corrected chi connectivity index (χ1v) is 29.3. The Kier molecular flexibility index (Phi) is 35.5. The maximum Gasteiger partial charge on any atom is 0.329 e. The first-order valence-electron chi connectivity index (χ1n) is 29.3. The van der Waals surface area contributed by atoms with Crippen molar-refractivity contribution in [2.24, 2.45) is 23.7 Å². The third-order valence-corrected chi connectivity index (χ3v) is 14.6. The number of carbonyl (C=O) groups excluding carboxylic acids is 5. The number of ether oxygens (including phenoxy) is 10. The number of ketones is 2. The SMILES string of the molecule is CC1C(OCCCOCCC(=O)CCCCCC(NC(=O)C(CCCNC(=O)CCOCCCOC2OC(CO)C(O)C(O)C2C)CC(=O)CCOCCCOC2OC(CO)C(O)C(O)C2C)C(=O)OC(C)(C)C)OC(CO)C(O)C1O. The molecule has 478 valence electrons. The van der Waals surface area contributed by atoms with Gasteiger partial charge in [-0.15, -0.1) is 0 Å². The topological polar surface area (TPSA) is 384 Å². The molecule has 2 amide bonds. The van der Waals surface area contributed by atoms with E-state index in [4.69, 9.17) is 47.4 Å². The molecule has 26 heteroatoms. The molecule has 82 heavy (non-hydrogen) atoms. The first-order chi connectivity index (χ1) is 39.0. The monoisotopic (exact) mass is 1180 g/mol. The van der Waals surface area contributed by atoms with Crippen LogP contribution in [0.15, 0.2) is 0 Å². The van der Waals surface area contributed by atoms with Crippen LogP contribution in [-0.4, -0.2) is 247 Å². The highest BCUT2D eigenvalue weighted by Gasteiger charge is 2.45. The number of amides is 2. The minimum atomic E-state index is -1.25. The van der Waals surface area contributed by atoms with E-state index in [1.54, 1.807) is 41.5 Å². The van der Waals surface area contributed by atoms with Crippen molar-refractivity contribution in [2.45, 2.75) is 217 Å². The fraction of sp³-hybridized carbons (Fsp3) is 0.911. The highest BCUT2D eigenvalue weighted by molar-refractivity contribution is 5.89. The Labute approximate surface area is 482 Å². The van der Waals surface area contributed by atoms with Crippen LogP contribution in [0.1, 0.15) is 131 Å². The van der Waals surface area contributed by atoms with Crippen LogP contribution in [0.25, 0.3) is 0 Å². The molecular formula is C56H100N2O24. The quantitative estimate of drug-likeness (QED) is 0.0270. The smallest absolute Gasteiger partial charge is 0.329 e. The first kappa shape index (κ1) is 73.3. The summed E-state index contributed by atoms with van der Waals surface area (Å²) in [5, 5.41) is 94.9. The van der Waals surface area contributed by atoms with Crippen molar-refractivity contribution in [3.63, 3.8) is 0 Å². The molecule has 0 aromatic carbocycles. The van der Waals surface area contributed by atoms with Crippen LogP contribution in [0.3, 0.4) is 0 Å². The lowest BCUT2D eigenvalue weighted by molar-refractivity contribution is -0.282. The normalized spacial score (nSPS) is 29.4. The second-order valence-corrected chi connectivity index (χ2v) is 22.6. The Morgan fingerprint density at radius 1 is 0.488 bits per heavy atom. The summed E-state index contributed by atoms with van der Waals surface area (Å²) < 4.78 is 56.4. The summed E-state index contributed by atoms with van der Waals surface area (Å²) in [6.45, 7) is 10.7. The van der Waals surface area contributed by atoms with E-state index in [2.05, 4.69) is 10.6 Å². The summed E-state index contributed by atoms with van der Waals surface area (Å²) in [7, 11) is 0. The number of carbonyl (C=O) groups is 5. The van der Waals surface area contributed by atoms with E-state index in [0.717, 1.165) is 0 Å². The third kappa shape index (κ3) is 26.7. The minimum absolute atomic E-state index is 0.000533. The molecule has 26 nitrogen and oxygen atoms in total. The van der Waals surface area contributed by atoms with Crippen LogP contribution in [-0.2, 0) is 71.3 Å². The van der Waals surface area contributed by atoms with Crippen LogP contribution >= 0.6 is 0 Å². The molecule has 0 saturated carbocycles. The molecule has 0 aliphatic carbocycles. The van der Waals surface area contributed by atoms with E-state index in [9.17, 15) is 69.9 Å². The van der Waals surface area contributed by atoms with E-state index >= 15 is 0 Å². The lowest BCUT2D eigenvalue weighted by Crippen LogP contribution is -2.55. The largest absolute Gasteiger partial charge is 0.458 e. The highest BCUT2D eigenvalue weighted by Crippen LogP contribution is 2.29. The fourth-order valence-corrected chi connectivity index (χ4v) is 9.41. The molecule has 11 N–H and O–H groups in total. The molecule has 3 rings (SSSR count). The average molecular weight is 1190 g/mol. The number of hydrogen-bond acceptors (Lipinski definition) is 24. The predicted octanol–water partition coefficient (Wildman–Crippen LogP) is -0.530. The van der Waals surface area contributed by atoms with Crippen LogP contribution in [0.4, 0.5) is 0 Å². The van der Waals surface area contributed by atoms with Crippen molar-refractivity contribution < 1.29 is 117 Å². The van der Waals surface area contributed by atoms with E-state index in [-0.39, 0.29) is 122 Å². The average Bonchev–Trinajstić information content (AvgIpc) is 3.64. The summed E-state index contributed by atoms with van der Waals surface area (Å²) in [5.74, 6) is -4.21. The number of aliphatic hydroxyl groups excluding tert-OH is 9. The number of rotatable bonds is 42. The Bertz CT molecular complexity index is 1810. The fourth-order valence-electron chi connectivity index (χ4n) is 9.41. The molecule has 3 aliphatic rings. The van der Waals surface area contributed by atoms with Gasteiger partial charge in [-0.25, -0.2) is 4.79 Å². The lowest BCUT2D eigenvalue weighted by atomic mass is 9.92. The van der Waals surface area contributed by atoms with E-state index < -0.39 is 141 Å².